The molecule has 0 aliphatic carbocycles. The Labute approximate surface area is 195 Å². The molecule has 0 fully saturated rings. The van der Waals surface area contributed by atoms with Gasteiger partial charge in [0.1, 0.15) is 11.4 Å². The molecule has 4 unspecified atom stereocenters. The number of nitrogens with one attached hydrogen (secondary N) is 1. The maximum atomic E-state index is 12.0. The third kappa shape index (κ3) is 9.10. The fraction of sp³-hybridized carbons (Fsp3) is 0.300. The van der Waals surface area contributed by atoms with E-state index in [0.29, 0.717) is 0 Å². The summed E-state index contributed by atoms with van der Waals surface area (Å²) < 4.78 is 38.7. The van der Waals surface area contributed by atoms with E-state index in [1.165, 1.54) is 13.8 Å². The first-order chi connectivity index (χ1) is 13.1. The molecule has 7 nitrogen and oxygen atoms in total. The summed E-state index contributed by atoms with van der Waals surface area (Å²) >= 11 is 0. The molecular formula is C20H26NNaO6S. The fourth-order valence-corrected chi connectivity index (χ4v) is 4.05. The Morgan fingerprint density at radius 1 is 1.17 bits per heavy atom. The second-order valence-corrected chi connectivity index (χ2v) is 7.77. The van der Waals surface area contributed by atoms with Crippen molar-refractivity contribution >= 4 is 28.1 Å². The van der Waals surface area contributed by atoms with E-state index in [4.69, 9.17) is 4.74 Å². The Morgan fingerprint density at radius 3 is 2.24 bits per heavy atom. The molecule has 4 atom stereocenters. The van der Waals surface area contributed by atoms with Gasteiger partial charge in [0.05, 0.1) is 6.04 Å². The number of amides is 1. The van der Waals surface area contributed by atoms with Crippen molar-refractivity contribution in [3.8, 4) is 0 Å². The summed E-state index contributed by atoms with van der Waals surface area (Å²) in [5, 5.41) is 1.15. The van der Waals surface area contributed by atoms with Gasteiger partial charge in [-0.25, -0.2) is 4.79 Å². The van der Waals surface area contributed by atoms with Crippen LogP contribution in [0.3, 0.4) is 0 Å². The molecule has 154 valence electrons. The molecule has 2 N–H and O–H groups in total. The van der Waals surface area contributed by atoms with Crippen LogP contribution in [0.25, 0.3) is 6.08 Å². The van der Waals surface area contributed by atoms with Crippen molar-refractivity contribution < 1.29 is 58.3 Å². The van der Waals surface area contributed by atoms with E-state index in [9.17, 15) is 22.6 Å². The minimum Gasteiger partial charge on any atom is -1.00 e. The van der Waals surface area contributed by atoms with Crippen LogP contribution in [0.5, 0.6) is 0 Å². The smallest absolute Gasteiger partial charge is 1.00 e. The van der Waals surface area contributed by atoms with Gasteiger partial charge < -0.3 is 11.5 Å². The molecule has 29 heavy (non-hydrogen) atoms. The molecule has 9 heteroatoms. The molecule has 0 saturated carbocycles. The topological polar surface area (TPSA) is 110 Å². The van der Waals surface area contributed by atoms with Crippen LogP contribution in [0, 0.1) is 5.92 Å². The Hall–Kier alpha value is -1.71. The van der Waals surface area contributed by atoms with Crippen molar-refractivity contribution in [2.75, 3.05) is 0 Å². The maximum absolute atomic E-state index is 12.0. The number of hydrogen-bond acceptors (Lipinski definition) is 5. The molecule has 1 amide bonds. The number of carbonyl (C=O) groups is 2. The summed E-state index contributed by atoms with van der Waals surface area (Å²) in [5.41, 5.74) is 0.835. The van der Waals surface area contributed by atoms with Gasteiger partial charge in [0.15, 0.2) is 0 Å². The molecule has 0 aromatic heterocycles. The van der Waals surface area contributed by atoms with E-state index in [-0.39, 0.29) is 31.0 Å². The summed E-state index contributed by atoms with van der Waals surface area (Å²) in [6.45, 7) is 9.53. The standard InChI is InChI=1S/C20H25NO6S.Na.H/c1-5-18(22)21-17(13-12-16-10-8-7-9-11-16)14(3)20(28(24,25)26)15(4)27-19(23)6-2;;/h5-15,17,20H,1-2H2,3-4H3,(H,21,22)(H,24,25,26);;/q;+1;-1. The van der Waals surface area contributed by atoms with Crippen molar-refractivity contribution in [2.45, 2.75) is 31.2 Å². The van der Waals surface area contributed by atoms with Gasteiger partial charge >= 0.3 is 35.5 Å². The molecule has 1 aromatic carbocycles. The molecule has 0 heterocycles. The molecular weight excluding hydrogens is 405 g/mol. The average Bonchev–Trinajstić information content (AvgIpc) is 2.64. The van der Waals surface area contributed by atoms with Crippen molar-refractivity contribution in [1.29, 1.82) is 0 Å². The van der Waals surface area contributed by atoms with Crippen LogP contribution >= 0.6 is 0 Å². The zero-order valence-electron chi connectivity index (χ0n) is 17.8. The van der Waals surface area contributed by atoms with Gasteiger partial charge in [-0.15, -0.1) is 0 Å². The number of benzene rings is 1. The summed E-state index contributed by atoms with van der Waals surface area (Å²) in [6, 6.07) is 8.39. The fourth-order valence-electron chi connectivity index (χ4n) is 2.80. The third-order valence-electron chi connectivity index (χ3n) is 4.15. The number of rotatable bonds is 10. The van der Waals surface area contributed by atoms with Gasteiger partial charge in [-0.05, 0) is 18.6 Å². The summed E-state index contributed by atoms with van der Waals surface area (Å²) in [5.74, 6) is -2.18. The first-order valence-electron chi connectivity index (χ1n) is 8.55. The van der Waals surface area contributed by atoms with Gasteiger partial charge in [0.2, 0.25) is 5.91 Å². The normalized spacial score (nSPS) is 15.3. The van der Waals surface area contributed by atoms with Crippen molar-refractivity contribution in [3.05, 3.63) is 67.3 Å². The van der Waals surface area contributed by atoms with Crippen LogP contribution in [-0.4, -0.2) is 42.2 Å². The Morgan fingerprint density at radius 2 is 1.76 bits per heavy atom. The van der Waals surface area contributed by atoms with Crippen LogP contribution in [0.2, 0.25) is 0 Å². The van der Waals surface area contributed by atoms with Gasteiger partial charge in [0.25, 0.3) is 10.1 Å². The number of esters is 1. The van der Waals surface area contributed by atoms with E-state index < -0.39 is 45.3 Å². The first kappa shape index (κ1) is 27.3. The number of hydrogen-bond donors (Lipinski definition) is 2. The van der Waals surface area contributed by atoms with E-state index in [0.717, 1.165) is 17.7 Å². The average molecular weight is 431 g/mol. The van der Waals surface area contributed by atoms with E-state index in [1.54, 1.807) is 12.2 Å². The molecule has 0 radical (unpaired) electrons. The van der Waals surface area contributed by atoms with Gasteiger partial charge in [0, 0.05) is 12.0 Å². The summed E-state index contributed by atoms with van der Waals surface area (Å²) in [4.78, 5) is 23.3. The molecule has 0 aliphatic heterocycles. The zero-order valence-corrected chi connectivity index (χ0v) is 19.6. The Bertz CT molecular complexity index is 844. The van der Waals surface area contributed by atoms with Gasteiger partial charge in [-0.3, -0.25) is 9.35 Å². The number of ether oxygens (including phenoxy) is 1. The predicted octanol–water partition coefficient (Wildman–Crippen LogP) is -0.503. The molecule has 0 spiro atoms. The molecule has 0 bridgehead atoms. The second-order valence-electron chi connectivity index (χ2n) is 6.19. The Kier molecular flexibility index (Phi) is 12.0. The first-order valence-corrected chi connectivity index (χ1v) is 10.1. The minimum atomic E-state index is -4.61. The van der Waals surface area contributed by atoms with E-state index in [1.807, 2.05) is 30.3 Å². The molecule has 0 saturated heterocycles. The summed E-state index contributed by atoms with van der Waals surface area (Å²) in [6.07, 6.45) is 4.10. The summed E-state index contributed by atoms with van der Waals surface area (Å²) in [7, 11) is -4.61. The van der Waals surface area contributed by atoms with Crippen molar-refractivity contribution in [1.82, 2.24) is 5.32 Å². The van der Waals surface area contributed by atoms with E-state index >= 15 is 0 Å². The van der Waals surface area contributed by atoms with Gasteiger partial charge in [-0.2, -0.15) is 8.42 Å². The predicted molar refractivity (Wildman–Crippen MR) is 109 cm³/mol. The van der Waals surface area contributed by atoms with E-state index in [2.05, 4.69) is 18.5 Å². The molecule has 1 aromatic rings. The van der Waals surface area contributed by atoms with Crippen LogP contribution in [0.1, 0.15) is 20.8 Å². The number of carbonyl (C=O) groups excluding carboxylic acids is 2. The van der Waals surface area contributed by atoms with Crippen molar-refractivity contribution in [3.63, 3.8) is 0 Å². The Balaban J connectivity index is 0. The van der Waals surface area contributed by atoms with Crippen molar-refractivity contribution in [2.24, 2.45) is 5.92 Å². The molecule has 0 aliphatic rings. The second kappa shape index (κ2) is 12.8. The van der Waals surface area contributed by atoms with Crippen LogP contribution < -0.4 is 34.9 Å². The van der Waals surface area contributed by atoms with Gasteiger partial charge in [-0.1, -0.05) is 62.6 Å². The monoisotopic (exact) mass is 431 g/mol. The van der Waals surface area contributed by atoms with Crippen LogP contribution in [0.15, 0.2) is 61.7 Å². The maximum Gasteiger partial charge on any atom is 1.00 e. The SMILES string of the molecule is C=CC(=O)NC(C=Cc1ccccc1)C(C)C(C(C)OC(=O)C=C)S(=O)(=O)O.[H-].[Na+]. The third-order valence-corrected chi connectivity index (χ3v) is 5.65. The largest absolute Gasteiger partial charge is 1.00 e. The van der Waals surface area contributed by atoms with Crippen LogP contribution in [-0.2, 0) is 24.4 Å². The minimum absolute atomic E-state index is 0. The quantitative estimate of drug-likeness (QED) is 0.224. The zero-order chi connectivity index (χ0) is 21.3. The molecule has 1 rings (SSSR count). The van der Waals surface area contributed by atoms with Crippen LogP contribution in [0.4, 0.5) is 0 Å².